The second-order valence-electron chi connectivity index (χ2n) is 4.79. The van der Waals surface area contributed by atoms with Crippen LogP contribution >= 0.6 is 0 Å². The number of nitrogens with one attached hydrogen (secondary N) is 1. The van der Waals surface area contributed by atoms with E-state index in [4.69, 9.17) is 0 Å². The standard InChI is InChI=1S/C14H13N3O3S/c1-9-7-11(8-15-10(9)2)17-14(18)16-12-5-3-4-6-13(12)21(17,19)20/h3-8H,1-2H3,(H,16,18). The van der Waals surface area contributed by atoms with E-state index in [2.05, 4.69) is 10.3 Å². The number of pyridine rings is 1. The molecule has 6 nitrogen and oxygen atoms in total. The van der Waals surface area contributed by atoms with Crippen LogP contribution in [0.1, 0.15) is 11.3 Å². The summed E-state index contributed by atoms with van der Waals surface area (Å²) < 4.78 is 26.0. The quantitative estimate of drug-likeness (QED) is 0.877. The molecule has 1 aliphatic rings. The van der Waals surface area contributed by atoms with Crippen molar-refractivity contribution in [2.75, 3.05) is 9.62 Å². The van der Waals surface area contributed by atoms with Gasteiger partial charge in [-0.2, -0.15) is 4.31 Å². The van der Waals surface area contributed by atoms with E-state index in [1.165, 1.54) is 12.3 Å². The molecule has 0 saturated heterocycles. The molecule has 2 heterocycles. The van der Waals surface area contributed by atoms with Gasteiger partial charge in [0.1, 0.15) is 4.90 Å². The lowest BCUT2D eigenvalue weighted by molar-refractivity contribution is 0.259. The molecule has 0 bridgehead atoms. The van der Waals surface area contributed by atoms with Crippen LogP contribution in [0.2, 0.25) is 0 Å². The molecule has 0 saturated carbocycles. The Hall–Kier alpha value is -2.41. The van der Waals surface area contributed by atoms with Crippen LogP contribution in [0.5, 0.6) is 0 Å². The highest BCUT2D eigenvalue weighted by atomic mass is 32.2. The first-order valence-electron chi connectivity index (χ1n) is 6.30. The fourth-order valence-corrected chi connectivity index (χ4v) is 3.65. The average Bonchev–Trinajstić information content (AvgIpc) is 2.42. The summed E-state index contributed by atoms with van der Waals surface area (Å²) in [6.45, 7) is 3.63. The Kier molecular flexibility index (Phi) is 2.94. The molecule has 0 spiro atoms. The summed E-state index contributed by atoms with van der Waals surface area (Å²) >= 11 is 0. The third kappa shape index (κ3) is 2.06. The van der Waals surface area contributed by atoms with Gasteiger partial charge in [-0.3, -0.25) is 4.98 Å². The van der Waals surface area contributed by atoms with Crippen molar-refractivity contribution < 1.29 is 13.2 Å². The Balaban J connectivity index is 2.20. The Morgan fingerprint density at radius 3 is 2.62 bits per heavy atom. The molecular weight excluding hydrogens is 290 g/mol. The lowest BCUT2D eigenvalue weighted by atomic mass is 10.2. The number of nitrogens with zero attached hydrogens (tertiary/aromatic N) is 2. The van der Waals surface area contributed by atoms with E-state index in [9.17, 15) is 13.2 Å². The van der Waals surface area contributed by atoms with Crippen molar-refractivity contribution >= 4 is 27.4 Å². The summed E-state index contributed by atoms with van der Waals surface area (Å²) in [7, 11) is -3.93. The molecule has 0 fully saturated rings. The van der Waals surface area contributed by atoms with Crippen LogP contribution in [0.4, 0.5) is 16.2 Å². The second-order valence-corrected chi connectivity index (χ2v) is 6.55. The molecule has 1 aliphatic heterocycles. The molecule has 0 unspecified atom stereocenters. The molecule has 108 valence electrons. The molecule has 0 aliphatic carbocycles. The van der Waals surface area contributed by atoms with Gasteiger partial charge in [0, 0.05) is 5.69 Å². The zero-order chi connectivity index (χ0) is 15.2. The van der Waals surface area contributed by atoms with Gasteiger partial charge in [-0.05, 0) is 37.6 Å². The van der Waals surface area contributed by atoms with Gasteiger partial charge in [0.05, 0.1) is 17.6 Å². The smallest absolute Gasteiger partial charge is 0.305 e. The minimum absolute atomic E-state index is 0.0721. The van der Waals surface area contributed by atoms with Crippen LogP contribution in [-0.2, 0) is 10.0 Å². The predicted molar refractivity (Wildman–Crippen MR) is 78.8 cm³/mol. The number of anilines is 2. The molecule has 1 aromatic carbocycles. The van der Waals surface area contributed by atoms with E-state index in [1.807, 2.05) is 13.8 Å². The van der Waals surface area contributed by atoms with Crippen LogP contribution in [0, 0.1) is 13.8 Å². The summed E-state index contributed by atoms with van der Waals surface area (Å²) in [4.78, 5) is 16.4. The molecule has 3 rings (SSSR count). The maximum Gasteiger partial charge on any atom is 0.340 e. The van der Waals surface area contributed by atoms with Gasteiger partial charge >= 0.3 is 6.03 Å². The molecule has 21 heavy (non-hydrogen) atoms. The fourth-order valence-electron chi connectivity index (χ4n) is 2.16. The fraction of sp³-hybridized carbons (Fsp3) is 0.143. The van der Waals surface area contributed by atoms with E-state index in [0.29, 0.717) is 0 Å². The SMILES string of the molecule is Cc1cc(N2C(=O)Nc3ccccc3S2(=O)=O)cnc1C. The van der Waals surface area contributed by atoms with E-state index in [1.54, 1.807) is 24.3 Å². The highest BCUT2D eigenvalue weighted by molar-refractivity contribution is 7.94. The van der Waals surface area contributed by atoms with Gasteiger partial charge in [0.25, 0.3) is 10.0 Å². The first-order chi connectivity index (χ1) is 9.91. The van der Waals surface area contributed by atoms with Crippen LogP contribution < -0.4 is 9.62 Å². The minimum Gasteiger partial charge on any atom is -0.305 e. The zero-order valence-corrected chi connectivity index (χ0v) is 12.3. The van der Waals surface area contributed by atoms with Crippen molar-refractivity contribution in [3.63, 3.8) is 0 Å². The number of hydrogen-bond donors (Lipinski definition) is 1. The number of amides is 2. The predicted octanol–water partition coefficient (Wildman–Crippen LogP) is 2.44. The normalized spacial score (nSPS) is 16.3. The molecule has 0 atom stereocenters. The monoisotopic (exact) mass is 303 g/mol. The van der Waals surface area contributed by atoms with Crippen LogP contribution in [0.15, 0.2) is 41.4 Å². The number of rotatable bonds is 1. The van der Waals surface area contributed by atoms with E-state index >= 15 is 0 Å². The molecule has 1 N–H and O–H groups in total. The summed E-state index contributed by atoms with van der Waals surface area (Å²) in [5.74, 6) is 0. The van der Waals surface area contributed by atoms with E-state index in [-0.39, 0.29) is 16.3 Å². The first kappa shape index (κ1) is 13.6. The highest BCUT2D eigenvalue weighted by Gasteiger charge is 2.37. The van der Waals surface area contributed by atoms with Crippen LogP contribution in [-0.4, -0.2) is 19.4 Å². The van der Waals surface area contributed by atoms with Crippen LogP contribution in [0.3, 0.4) is 0 Å². The van der Waals surface area contributed by atoms with Crippen molar-refractivity contribution in [2.24, 2.45) is 0 Å². The highest BCUT2D eigenvalue weighted by Crippen LogP contribution is 2.33. The number of carbonyl (C=O) groups excluding carboxylic acids is 1. The summed E-state index contributed by atoms with van der Waals surface area (Å²) in [5, 5.41) is 2.58. The number of hydrogen-bond acceptors (Lipinski definition) is 4. The number of sulfonamides is 1. The van der Waals surface area contributed by atoms with Crippen molar-refractivity contribution in [1.29, 1.82) is 0 Å². The van der Waals surface area contributed by atoms with Crippen molar-refractivity contribution in [1.82, 2.24) is 4.98 Å². The summed E-state index contributed by atoms with van der Waals surface area (Å²) in [6, 6.07) is 7.23. The lowest BCUT2D eigenvalue weighted by Crippen LogP contribution is -2.44. The summed E-state index contributed by atoms with van der Waals surface area (Å²) in [5.41, 5.74) is 2.11. The van der Waals surface area contributed by atoms with Gasteiger partial charge in [-0.15, -0.1) is 0 Å². The average molecular weight is 303 g/mol. The first-order valence-corrected chi connectivity index (χ1v) is 7.74. The summed E-state index contributed by atoms with van der Waals surface area (Å²) in [6.07, 6.45) is 1.38. The Morgan fingerprint density at radius 1 is 1.19 bits per heavy atom. The Bertz CT molecular complexity index is 846. The molecule has 0 radical (unpaired) electrons. The number of aromatic nitrogens is 1. The van der Waals surface area contributed by atoms with Gasteiger partial charge in [-0.1, -0.05) is 12.1 Å². The van der Waals surface area contributed by atoms with Gasteiger partial charge in [0.15, 0.2) is 0 Å². The third-order valence-corrected chi connectivity index (χ3v) is 5.16. The Morgan fingerprint density at radius 2 is 1.90 bits per heavy atom. The van der Waals surface area contributed by atoms with Crippen molar-refractivity contribution in [2.45, 2.75) is 18.7 Å². The zero-order valence-electron chi connectivity index (χ0n) is 11.5. The molecule has 1 aromatic heterocycles. The lowest BCUT2D eigenvalue weighted by Gasteiger charge is -2.28. The number of aryl methyl sites for hydroxylation is 2. The van der Waals surface area contributed by atoms with Crippen molar-refractivity contribution in [3.05, 3.63) is 47.8 Å². The van der Waals surface area contributed by atoms with Gasteiger partial charge in [-0.25, -0.2) is 13.2 Å². The maximum atomic E-state index is 12.6. The topological polar surface area (TPSA) is 79.4 Å². The number of carbonyl (C=O) groups is 1. The maximum absolute atomic E-state index is 12.6. The van der Waals surface area contributed by atoms with Gasteiger partial charge < -0.3 is 5.32 Å². The molecule has 7 heteroatoms. The van der Waals surface area contributed by atoms with Crippen molar-refractivity contribution in [3.8, 4) is 0 Å². The molecule has 2 amide bonds. The number of fused-ring (bicyclic) bond motifs is 1. The van der Waals surface area contributed by atoms with Crippen LogP contribution in [0.25, 0.3) is 0 Å². The Labute approximate surface area is 122 Å². The second kappa shape index (κ2) is 4.56. The number of para-hydroxylation sites is 1. The number of benzene rings is 1. The molecular formula is C14H13N3O3S. The third-order valence-electron chi connectivity index (χ3n) is 3.39. The number of urea groups is 1. The largest absolute Gasteiger partial charge is 0.340 e. The van der Waals surface area contributed by atoms with Gasteiger partial charge in [0.2, 0.25) is 0 Å². The van der Waals surface area contributed by atoms with E-state index < -0.39 is 16.1 Å². The van der Waals surface area contributed by atoms with E-state index in [0.717, 1.165) is 15.6 Å². The molecule has 2 aromatic rings. The minimum atomic E-state index is -3.93.